The van der Waals surface area contributed by atoms with Crippen LogP contribution in [0.5, 0.6) is 0 Å². The van der Waals surface area contributed by atoms with Gasteiger partial charge in [0.1, 0.15) is 0 Å². The van der Waals surface area contributed by atoms with Crippen molar-refractivity contribution in [3.63, 3.8) is 0 Å². The van der Waals surface area contributed by atoms with Crippen LogP contribution in [0.4, 0.5) is 17.6 Å². The van der Waals surface area contributed by atoms with Gasteiger partial charge in [-0.1, -0.05) is 25.0 Å². The Morgan fingerprint density at radius 2 is 1.32 bits per heavy atom. The molecule has 0 aliphatic heterocycles. The van der Waals surface area contributed by atoms with E-state index in [-0.39, 0.29) is 12.6 Å². The van der Waals surface area contributed by atoms with E-state index >= 15 is 0 Å². The van der Waals surface area contributed by atoms with Crippen LogP contribution < -0.4 is 0 Å². The van der Waals surface area contributed by atoms with E-state index in [0.29, 0.717) is 23.8 Å². The van der Waals surface area contributed by atoms with Crippen molar-refractivity contribution in [3.05, 3.63) is 47.3 Å². The first-order valence-electron chi connectivity index (χ1n) is 10.9. The zero-order chi connectivity index (χ0) is 19.9. The molecule has 1 aromatic rings. The normalized spacial score (nSPS) is 28.7. The van der Waals surface area contributed by atoms with Crippen molar-refractivity contribution in [2.75, 3.05) is 6.67 Å². The molecule has 0 atom stereocenters. The Morgan fingerprint density at radius 3 is 1.86 bits per heavy atom. The molecule has 3 rings (SSSR count). The first-order chi connectivity index (χ1) is 13.6. The first kappa shape index (κ1) is 21.4. The summed E-state index contributed by atoms with van der Waals surface area (Å²) in [5.41, 5.74) is 0.606. The van der Waals surface area contributed by atoms with Crippen LogP contribution in [0.3, 0.4) is 0 Å². The monoisotopic (exact) mass is 396 g/mol. The zero-order valence-electron chi connectivity index (χ0n) is 16.6. The van der Waals surface area contributed by atoms with Gasteiger partial charge >= 0.3 is 0 Å². The molecule has 0 nitrogen and oxygen atoms in total. The number of allylic oxidation sites excluding steroid dienone is 2. The Morgan fingerprint density at radius 1 is 0.786 bits per heavy atom. The highest BCUT2D eigenvalue weighted by Crippen LogP contribution is 2.40. The Labute approximate surface area is 166 Å². The van der Waals surface area contributed by atoms with Crippen LogP contribution in [0, 0.1) is 35.2 Å². The van der Waals surface area contributed by atoms with Crippen molar-refractivity contribution in [3.8, 4) is 0 Å². The highest BCUT2D eigenvalue weighted by atomic mass is 19.2. The Kier molecular flexibility index (Phi) is 7.99. The fourth-order valence-electron chi connectivity index (χ4n) is 5.09. The summed E-state index contributed by atoms with van der Waals surface area (Å²) >= 11 is 0. The van der Waals surface area contributed by atoms with E-state index in [4.69, 9.17) is 0 Å². The van der Waals surface area contributed by atoms with E-state index in [9.17, 15) is 17.6 Å². The molecular formula is C24H32F4. The quantitative estimate of drug-likeness (QED) is 0.250. The van der Waals surface area contributed by atoms with Crippen LogP contribution >= 0.6 is 0 Å². The van der Waals surface area contributed by atoms with Crippen LogP contribution in [-0.2, 0) is 0 Å². The lowest BCUT2D eigenvalue weighted by molar-refractivity contribution is 0.245. The molecule has 28 heavy (non-hydrogen) atoms. The van der Waals surface area contributed by atoms with E-state index < -0.39 is 17.5 Å². The van der Waals surface area contributed by atoms with Gasteiger partial charge in [0.05, 0.1) is 6.67 Å². The largest absolute Gasteiger partial charge is 0.251 e. The van der Waals surface area contributed by atoms with Crippen molar-refractivity contribution in [2.45, 2.75) is 76.5 Å². The molecule has 2 aliphatic carbocycles. The lowest BCUT2D eigenvalue weighted by Crippen LogP contribution is -2.17. The van der Waals surface area contributed by atoms with Gasteiger partial charge in [0, 0.05) is 0 Å². The van der Waals surface area contributed by atoms with Crippen molar-refractivity contribution < 1.29 is 17.6 Å². The van der Waals surface area contributed by atoms with Crippen molar-refractivity contribution >= 4 is 0 Å². The summed E-state index contributed by atoms with van der Waals surface area (Å²) in [6, 6.07) is 2.34. The summed E-state index contributed by atoms with van der Waals surface area (Å²) in [5.74, 6) is -1.23. The summed E-state index contributed by atoms with van der Waals surface area (Å²) in [4.78, 5) is 0. The summed E-state index contributed by atoms with van der Waals surface area (Å²) < 4.78 is 52.3. The summed E-state index contributed by atoms with van der Waals surface area (Å²) in [6.07, 6.45) is 16.3. The Bertz CT molecular complexity index is 615. The smallest absolute Gasteiger partial charge is 0.194 e. The highest BCUT2D eigenvalue weighted by molar-refractivity contribution is 5.23. The average Bonchev–Trinajstić information content (AvgIpc) is 2.71. The molecule has 2 saturated carbocycles. The molecule has 1 aromatic carbocycles. The van der Waals surface area contributed by atoms with Gasteiger partial charge in [-0.15, -0.1) is 0 Å². The third kappa shape index (κ3) is 5.84. The Balaban J connectivity index is 1.37. The molecule has 0 aromatic heterocycles. The molecule has 0 spiro atoms. The molecule has 0 N–H and O–H groups in total. The molecule has 2 fully saturated rings. The molecule has 0 saturated heterocycles. The van der Waals surface area contributed by atoms with E-state index in [1.807, 2.05) is 6.08 Å². The predicted octanol–water partition coefficient (Wildman–Crippen LogP) is 7.88. The molecule has 156 valence electrons. The molecule has 2 aliphatic rings. The highest BCUT2D eigenvalue weighted by Gasteiger charge is 2.26. The lowest BCUT2D eigenvalue weighted by atomic mass is 9.74. The molecule has 0 heterocycles. The SMILES string of the molecule is FCC/C=C/[C@H]1CC[C@H](CCC2CCC(c3cc(F)c(F)c(F)c3)CC2)CC1. The van der Waals surface area contributed by atoms with Crippen LogP contribution in [0.25, 0.3) is 0 Å². The van der Waals surface area contributed by atoms with Gasteiger partial charge in [0.25, 0.3) is 0 Å². The van der Waals surface area contributed by atoms with Gasteiger partial charge < -0.3 is 0 Å². The van der Waals surface area contributed by atoms with E-state index in [1.165, 1.54) is 50.7 Å². The molecule has 0 bridgehead atoms. The van der Waals surface area contributed by atoms with E-state index in [0.717, 1.165) is 31.6 Å². The average molecular weight is 397 g/mol. The van der Waals surface area contributed by atoms with Crippen LogP contribution in [0.1, 0.15) is 82.1 Å². The van der Waals surface area contributed by atoms with Gasteiger partial charge in [-0.05, 0) is 99.2 Å². The number of alkyl halides is 1. The summed E-state index contributed by atoms with van der Waals surface area (Å²) in [6.45, 7) is -0.265. The van der Waals surface area contributed by atoms with Gasteiger partial charge in [-0.25, -0.2) is 13.2 Å². The van der Waals surface area contributed by atoms with E-state index in [1.54, 1.807) is 0 Å². The molecule has 0 unspecified atom stereocenters. The number of hydrogen-bond acceptors (Lipinski definition) is 0. The van der Waals surface area contributed by atoms with Crippen molar-refractivity contribution in [2.24, 2.45) is 17.8 Å². The van der Waals surface area contributed by atoms with Crippen molar-refractivity contribution in [1.29, 1.82) is 0 Å². The molecule has 0 radical (unpaired) electrons. The number of hydrogen-bond donors (Lipinski definition) is 0. The molecule has 4 heteroatoms. The fourth-order valence-corrected chi connectivity index (χ4v) is 5.09. The second kappa shape index (κ2) is 10.5. The second-order valence-electron chi connectivity index (χ2n) is 8.78. The van der Waals surface area contributed by atoms with Crippen LogP contribution in [0.15, 0.2) is 24.3 Å². The van der Waals surface area contributed by atoms with Gasteiger partial charge in [0.15, 0.2) is 17.5 Å². The van der Waals surface area contributed by atoms with Gasteiger partial charge in [-0.2, -0.15) is 0 Å². The third-order valence-corrected chi connectivity index (χ3v) is 6.88. The lowest BCUT2D eigenvalue weighted by Gasteiger charge is -2.31. The van der Waals surface area contributed by atoms with Gasteiger partial charge in [-0.3, -0.25) is 4.39 Å². The fraction of sp³-hybridized carbons (Fsp3) is 0.667. The topological polar surface area (TPSA) is 0 Å². The standard InChI is InChI=1S/C24H32F4/c25-14-2-1-3-17-4-6-18(7-5-17)8-9-19-10-12-20(13-11-19)21-15-22(26)24(28)23(27)16-21/h1,3,15-20H,2,4-14H2/b3-1+/t17-,18-,19?,20?. The third-order valence-electron chi connectivity index (χ3n) is 6.88. The van der Waals surface area contributed by atoms with Gasteiger partial charge in [0.2, 0.25) is 0 Å². The molecular weight excluding hydrogens is 364 g/mol. The number of halogens is 4. The minimum atomic E-state index is -1.37. The van der Waals surface area contributed by atoms with E-state index in [2.05, 4.69) is 6.08 Å². The maximum Gasteiger partial charge on any atom is 0.194 e. The summed E-state index contributed by atoms with van der Waals surface area (Å²) in [5, 5.41) is 0. The predicted molar refractivity (Wildman–Crippen MR) is 105 cm³/mol. The maximum atomic E-state index is 13.5. The number of benzene rings is 1. The summed E-state index contributed by atoms with van der Waals surface area (Å²) in [7, 11) is 0. The number of rotatable bonds is 7. The molecule has 0 amide bonds. The Hall–Kier alpha value is -1.32. The van der Waals surface area contributed by atoms with Crippen LogP contribution in [-0.4, -0.2) is 6.67 Å². The second-order valence-corrected chi connectivity index (χ2v) is 8.78. The minimum absolute atomic E-state index is 0.146. The van der Waals surface area contributed by atoms with Crippen molar-refractivity contribution in [1.82, 2.24) is 0 Å². The zero-order valence-corrected chi connectivity index (χ0v) is 16.6. The minimum Gasteiger partial charge on any atom is -0.251 e. The first-order valence-corrected chi connectivity index (χ1v) is 10.9. The maximum absolute atomic E-state index is 13.5. The van der Waals surface area contributed by atoms with Crippen LogP contribution in [0.2, 0.25) is 0 Å².